The number of fused-ring (bicyclic) bond motifs is 1. The standard InChI is InChI=1S/C12H4F8O3S/c13-1-2-5(14)8(17)7(16)3-6(15)4(11(21)23-24)10(12(18,19)20)22-9(2)3/h10,24H,1H2. The molecule has 24 heavy (non-hydrogen) atoms. The van der Waals surface area contributed by atoms with Crippen LogP contribution in [0.3, 0.4) is 0 Å². The number of benzene rings is 1. The van der Waals surface area contributed by atoms with Crippen molar-refractivity contribution in [2.24, 2.45) is 0 Å². The van der Waals surface area contributed by atoms with Gasteiger partial charge in [-0.05, 0) is 0 Å². The normalized spacial score (nSPS) is 17.5. The van der Waals surface area contributed by atoms with Gasteiger partial charge >= 0.3 is 12.1 Å². The third-order valence-electron chi connectivity index (χ3n) is 3.06. The molecule has 12 heteroatoms. The fraction of sp³-hybridized carbons (Fsp3) is 0.250. The average Bonchev–Trinajstić information content (AvgIpc) is 2.51. The van der Waals surface area contributed by atoms with Crippen molar-refractivity contribution >= 4 is 24.7 Å². The molecule has 1 aliphatic heterocycles. The average molecular weight is 380 g/mol. The minimum Gasteiger partial charge on any atom is -0.474 e. The number of rotatable bonds is 2. The molecule has 1 unspecified atom stereocenters. The Kier molecular flexibility index (Phi) is 4.70. The predicted molar refractivity (Wildman–Crippen MR) is 64.7 cm³/mol. The second kappa shape index (κ2) is 6.15. The van der Waals surface area contributed by atoms with Gasteiger partial charge < -0.3 is 8.92 Å². The summed E-state index contributed by atoms with van der Waals surface area (Å²) in [5.74, 6) is -12.6. The Morgan fingerprint density at radius 2 is 1.71 bits per heavy atom. The lowest BCUT2D eigenvalue weighted by atomic mass is 9.96. The number of ether oxygens (including phenoxy) is 1. The molecule has 1 aromatic rings. The molecule has 3 nitrogen and oxygen atoms in total. The van der Waals surface area contributed by atoms with Crippen LogP contribution in [0.2, 0.25) is 0 Å². The van der Waals surface area contributed by atoms with Crippen molar-refractivity contribution in [1.82, 2.24) is 0 Å². The minimum atomic E-state index is -5.44. The van der Waals surface area contributed by atoms with Crippen LogP contribution in [0.15, 0.2) is 5.57 Å². The zero-order valence-corrected chi connectivity index (χ0v) is 11.9. The molecular formula is C12H4F8O3S. The van der Waals surface area contributed by atoms with Gasteiger partial charge in [-0.1, -0.05) is 0 Å². The molecule has 0 N–H and O–H groups in total. The Hall–Kier alpha value is -1.98. The van der Waals surface area contributed by atoms with E-state index in [1.165, 1.54) is 0 Å². The van der Waals surface area contributed by atoms with E-state index in [0.717, 1.165) is 0 Å². The van der Waals surface area contributed by atoms with Crippen molar-refractivity contribution in [3.8, 4) is 5.75 Å². The molecule has 1 aliphatic rings. The van der Waals surface area contributed by atoms with E-state index in [-0.39, 0.29) is 0 Å². The number of hydrogen-bond donors (Lipinski definition) is 1. The number of carbonyl (C=O) groups excluding carboxylic acids is 1. The van der Waals surface area contributed by atoms with E-state index in [4.69, 9.17) is 0 Å². The smallest absolute Gasteiger partial charge is 0.430 e. The molecule has 0 saturated heterocycles. The van der Waals surface area contributed by atoms with Gasteiger partial charge in [0.1, 0.15) is 18.0 Å². The second-order valence-electron chi connectivity index (χ2n) is 4.40. The highest BCUT2D eigenvalue weighted by Gasteiger charge is 2.53. The summed E-state index contributed by atoms with van der Waals surface area (Å²) >= 11 is 2.91. The third kappa shape index (κ3) is 2.68. The number of halogens is 8. The molecule has 0 spiro atoms. The van der Waals surface area contributed by atoms with Crippen molar-refractivity contribution in [2.75, 3.05) is 0 Å². The third-order valence-corrected chi connectivity index (χ3v) is 3.22. The summed E-state index contributed by atoms with van der Waals surface area (Å²) in [6.45, 7) is -1.92. The second-order valence-corrected chi connectivity index (χ2v) is 4.59. The van der Waals surface area contributed by atoms with Crippen LogP contribution in [0, 0.1) is 17.5 Å². The highest BCUT2D eigenvalue weighted by Crippen LogP contribution is 2.46. The highest BCUT2D eigenvalue weighted by atomic mass is 32.1. The molecular weight excluding hydrogens is 376 g/mol. The molecule has 2 rings (SSSR count). The molecule has 132 valence electrons. The summed E-state index contributed by atoms with van der Waals surface area (Å²) in [7, 11) is 0. The molecule has 0 aliphatic carbocycles. The molecule has 0 bridgehead atoms. The summed E-state index contributed by atoms with van der Waals surface area (Å²) in [5.41, 5.74) is -5.00. The van der Waals surface area contributed by atoms with E-state index < -0.39 is 70.7 Å². The summed E-state index contributed by atoms with van der Waals surface area (Å²) in [6, 6.07) is 0. The highest BCUT2D eigenvalue weighted by molar-refractivity contribution is 7.75. The Bertz CT molecular complexity index is 743. The molecule has 0 radical (unpaired) electrons. The van der Waals surface area contributed by atoms with Crippen molar-refractivity contribution in [2.45, 2.75) is 19.0 Å². The first-order valence-corrected chi connectivity index (χ1v) is 6.17. The molecule has 0 amide bonds. The van der Waals surface area contributed by atoms with Crippen LogP contribution < -0.4 is 4.74 Å². The number of hydrogen-bond acceptors (Lipinski definition) is 4. The minimum absolute atomic E-state index is 1.47. The fourth-order valence-corrected chi connectivity index (χ4v) is 2.14. The van der Waals surface area contributed by atoms with Gasteiger partial charge in [-0.25, -0.2) is 26.7 Å². The van der Waals surface area contributed by atoms with Gasteiger partial charge in [-0.3, -0.25) is 0 Å². The molecule has 0 aromatic heterocycles. The van der Waals surface area contributed by atoms with Gasteiger partial charge in [0.25, 0.3) is 0 Å². The SMILES string of the molecule is O=C(OS)C1=C(F)c2c(F)c(F)c(F)c(CF)c2OC1C(F)(F)F. The Morgan fingerprint density at radius 1 is 1.12 bits per heavy atom. The first-order chi connectivity index (χ1) is 11.1. The summed E-state index contributed by atoms with van der Waals surface area (Å²) in [4.78, 5) is 11.3. The lowest BCUT2D eigenvalue weighted by Gasteiger charge is -2.29. The summed E-state index contributed by atoms with van der Waals surface area (Å²) in [5, 5.41) is 0. The fourth-order valence-electron chi connectivity index (χ4n) is 2.04. The largest absolute Gasteiger partial charge is 0.474 e. The van der Waals surface area contributed by atoms with Crippen LogP contribution >= 0.6 is 12.9 Å². The van der Waals surface area contributed by atoms with Crippen LogP contribution in [0.5, 0.6) is 5.75 Å². The molecule has 1 atom stereocenters. The van der Waals surface area contributed by atoms with Crippen LogP contribution in [0.4, 0.5) is 35.1 Å². The first kappa shape index (κ1) is 18.4. The van der Waals surface area contributed by atoms with Gasteiger partial charge in [0, 0.05) is 12.9 Å². The molecule has 0 saturated carbocycles. The van der Waals surface area contributed by atoms with Crippen LogP contribution in [-0.2, 0) is 15.7 Å². The molecule has 1 heterocycles. The van der Waals surface area contributed by atoms with E-state index in [1.807, 2.05) is 0 Å². The zero-order valence-electron chi connectivity index (χ0n) is 11.0. The van der Waals surface area contributed by atoms with Crippen LogP contribution in [0.1, 0.15) is 11.1 Å². The van der Waals surface area contributed by atoms with Crippen molar-refractivity contribution < 1.29 is 48.8 Å². The van der Waals surface area contributed by atoms with E-state index in [0.29, 0.717) is 0 Å². The number of carbonyl (C=O) groups is 1. The van der Waals surface area contributed by atoms with Crippen molar-refractivity contribution in [1.29, 1.82) is 0 Å². The molecule has 1 aromatic carbocycles. The maximum atomic E-state index is 14.3. The lowest BCUT2D eigenvalue weighted by Crippen LogP contribution is -2.41. The van der Waals surface area contributed by atoms with Gasteiger partial charge in [0.15, 0.2) is 23.3 Å². The van der Waals surface area contributed by atoms with Gasteiger partial charge in [0.05, 0.1) is 11.1 Å². The number of thiol groups is 1. The van der Waals surface area contributed by atoms with E-state index in [9.17, 15) is 39.9 Å². The summed E-state index contributed by atoms with van der Waals surface area (Å²) < 4.78 is 114. The maximum absolute atomic E-state index is 14.3. The Morgan fingerprint density at radius 3 is 2.17 bits per heavy atom. The lowest BCUT2D eigenvalue weighted by molar-refractivity contribution is -0.187. The Labute approximate surface area is 133 Å². The van der Waals surface area contributed by atoms with Crippen LogP contribution in [0.25, 0.3) is 5.83 Å². The van der Waals surface area contributed by atoms with Gasteiger partial charge in [-0.2, -0.15) is 13.2 Å². The zero-order chi connectivity index (χ0) is 18.4. The van der Waals surface area contributed by atoms with Crippen LogP contribution in [-0.4, -0.2) is 18.2 Å². The predicted octanol–water partition coefficient (Wildman–Crippen LogP) is 3.97. The maximum Gasteiger partial charge on any atom is 0.430 e. The topological polar surface area (TPSA) is 35.5 Å². The first-order valence-electron chi connectivity index (χ1n) is 5.80. The van der Waals surface area contributed by atoms with Crippen molar-refractivity contribution in [3.63, 3.8) is 0 Å². The van der Waals surface area contributed by atoms with E-state index in [1.54, 1.807) is 0 Å². The van der Waals surface area contributed by atoms with Gasteiger partial charge in [0.2, 0.25) is 6.10 Å². The van der Waals surface area contributed by atoms with Gasteiger partial charge in [-0.15, -0.1) is 0 Å². The summed E-state index contributed by atoms with van der Waals surface area (Å²) in [6.07, 6.45) is -8.81. The van der Waals surface area contributed by atoms with Crippen molar-refractivity contribution in [3.05, 3.63) is 34.2 Å². The number of alkyl halides is 4. The molecule has 0 fully saturated rings. The monoisotopic (exact) mass is 380 g/mol. The Balaban J connectivity index is 2.89. The quantitative estimate of drug-likeness (QED) is 0.365. The van der Waals surface area contributed by atoms with E-state index >= 15 is 0 Å². The van der Waals surface area contributed by atoms with E-state index in [2.05, 4.69) is 21.8 Å².